The number of hydrogen-bond acceptors (Lipinski definition) is 2. The highest BCUT2D eigenvalue weighted by Gasteiger charge is 2.10. The Morgan fingerprint density at radius 1 is 0.870 bits per heavy atom. The van der Waals surface area contributed by atoms with E-state index in [1.807, 2.05) is 36.4 Å². The van der Waals surface area contributed by atoms with Gasteiger partial charge in [0.15, 0.2) is 5.82 Å². The summed E-state index contributed by atoms with van der Waals surface area (Å²) in [6.45, 7) is 4.22. The first-order chi connectivity index (χ1) is 11.3. The summed E-state index contributed by atoms with van der Waals surface area (Å²) >= 11 is 0. The molecule has 3 rings (SSSR count). The highest BCUT2D eigenvalue weighted by molar-refractivity contribution is 5.71. The summed E-state index contributed by atoms with van der Waals surface area (Å²) in [4.78, 5) is 9.58. The smallest absolute Gasteiger partial charge is 0.160 e. The molecule has 0 aliphatic rings. The van der Waals surface area contributed by atoms with E-state index in [0.717, 1.165) is 34.8 Å². The van der Waals surface area contributed by atoms with Crippen molar-refractivity contribution in [2.24, 2.45) is 0 Å². The molecular formula is C21H20N2. The molecule has 0 saturated heterocycles. The Labute approximate surface area is 137 Å². The first kappa shape index (κ1) is 15.2. The first-order valence-electron chi connectivity index (χ1n) is 7.97. The normalized spacial score (nSPS) is 11.5. The Balaban J connectivity index is 2.19. The average Bonchev–Trinajstić information content (AvgIpc) is 2.64. The molecule has 0 amide bonds. The van der Waals surface area contributed by atoms with Crippen LogP contribution < -0.4 is 0 Å². The summed E-state index contributed by atoms with van der Waals surface area (Å²) < 4.78 is 0. The van der Waals surface area contributed by atoms with Crippen molar-refractivity contribution in [3.8, 4) is 22.6 Å². The maximum Gasteiger partial charge on any atom is 0.160 e. The lowest BCUT2D eigenvalue weighted by Gasteiger charge is -2.10. The van der Waals surface area contributed by atoms with Crippen LogP contribution in [-0.4, -0.2) is 9.97 Å². The van der Waals surface area contributed by atoms with Crippen LogP contribution in [0.15, 0.2) is 72.8 Å². The van der Waals surface area contributed by atoms with Gasteiger partial charge in [0.1, 0.15) is 0 Å². The van der Waals surface area contributed by atoms with Gasteiger partial charge in [0.2, 0.25) is 0 Å². The second kappa shape index (κ2) is 7.01. The lowest BCUT2D eigenvalue weighted by atomic mass is 10.1. The third-order valence-corrected chi connectivity index (χ3v) is 3.89. The molecule has 0 unspecified atom stereocenters. The second-order valence-electron chi connectivity index (χ2n) is 5.36. The van der Waals surface area contributed by atoms with Crippen molar-refractivity contribution in [2.45, 2.75) is 20.3 Å². The molecule has 0 radical (unpaired) electrons. The van der Waals surface area contributed by atoms with E-state index in [-0.39, 0.29) is 0 Å². The van der Waals surface area contributed by atoms with E-state index >= 15 is 0 Å². The fourth-order valence-electron chi connectivity index (χ4n) is 2.62. The summed E-state index contributed by atoms with van der Waals surface area (Å²) in [5.41, 5.74) is 5.35. The van der Waals surface area contributed by atoms with E-state index < -0.39 is 0 Å². The summed E-state index contributed by atoms with van der Waals surface area (Å²) in [5, 5.41) is 0. The lowest BCUT2D eigenvalue weighted by Crippen LogP contribution is -1.98. The standard InChI is InChI=1S/C21H20N2/c1-3-16(4-2)19-15-20(17-11-7-5-8-12-17)23-21(22-19)18-13-9-6-10-14-18/h3,5-15H,4H2,1-2H3/b16-3+. The largest absolute Gasteiger partial charge is 0.228 e. The third kappa shape index (κ3) is 3.37. The van der Waals surface area contributed by atoms with Crippen LogP contribution in [-0.2, 0) is 0 Å². The lowest BCUT2D eigenvalue weighted by molar-refractivity contribution is 1.12. The predicted molar refractivity (Wildman–Crippen MR) is 96.8 cm³/mol. The first-order valence-corrected chi connectivity index (χ1v) is 7.97. The van der Waals surface area contributed by atoms with Crippen molar-refractivity contribution in [1.29, 1.82) is 0 Å². The average molecular weight is 300 g/mol. The summed E-state index contributed by atoms with van der Waals surface area (Å²) in [7, 11) is 0. The van der Waals surface area contributed by atoms with E-state index in [2.05, 4.69) is 50.3 Å². The fraction of sp³-hybridized carbons (Fsp3) is 0.143. The molecule has 0 spiro atoms. The number of hydrogen-bond donors (Lipinski definition) is 0. The van der Waals surface area contributed by atoms with Gasteiger partial charge in [-0.05, 0) is 25.0 Å². The van der Waals surface area contributed by atoms with Gasteiger partial charge in [-0.1, -0.05) is 73.7 Å². The molecule has 0 aliphatic heterocycles. The molecule has 2 heteroatoms. The Morgan fingerprint density at radius 3 is 2.04 bits per heavy atom. The predicted octanol–water partition coefficient (Wildman–Crippen LogP) is 5.62. The van der Waals surface area contributed by atoms with Crippen molar-refractivity contribution in [3.63, 3.8) is 0 Å². The van der Waals surface area contributed by atoms with Crippen LogP contribution >= 0.6 is 0 Å². The van der Waals surface area contributed by atoms with Crippen LogP contribution in [0.4, 0.5) is 0 Å². The van der Waals surface area contributed by atoms with Crippen molar-refractivity contribution in [3.05, 3.63) is 78.5 Å². The molecule has 0 atom stereocenters. The van der Waals surface area contributed by atoms with E-state index in [1.54, 1.807) is 0 Å². The number of nitrogens with zero attached hydrogens (tertiary/aromatic N) is 2. The molecular weight excluding hydrogens is 280 g/mol. The van der Waals surface area contributed by atoms with Gasteiger partial charge >= 0.3 is 0 Å². The van der Waals surface area contributed by atoms with Crippen molar-refractivity contribution < 1.29 is 0 Å². The molecule has 23 heavy (non-hydrogen) atoms. The zero-order valence-electron chi connectivity index (χ0n) is 13.5. The minimum Gasteiger partial charge on any atom is -0.228 e. The Hall–Kier alpha value is -2.74. The van der Waals surface area contributed by atoms with Gasteiger partial charge in [-0.15, -0.1) is 0 Å². The summed E-state index contributed by atoms with van der Waals surface area (Å²) in [6.07, 6.45) is 3.09. The van der Waals surface area contributed by atoms with Crippen LogP contribution in [0, 0.1) is 0 Å². The molecule has 1 aromatic heterocycles. The van der Waals surface area contributed by atoms with Gasteiger partial charge in [0.05, 0.1) is 11.4 Å². The quantitative estimate of drug-likeness (QED) is 0.624. The van der Waals surface area contributed by atoms with Crippen molar-refractivity contribution >= 4 is 5.57 Å². The zero-order valence-corrected chi connectivity index (χ0v) is 13.5. The highest BCUT2D eigenvalue weighted by atomic mass is 14.9. The number of allylic oxidation sites excluding steroid dienone is 2. The van der Waals surface area contributed by atoms with Crippen LogP contribution in [0.5, 0.6) is 0 Å². The maximum atomic E-state index is 4.79. The minimum atomic E-state index is 0.773. The van der Waals surface area contributed by atoms with Crippen molar-refractivity contribution in [2.75, 3.05) is 0 Å². The third-order valence-electron chi connectivity index (χ3n) is 3.89. The summed E-state index contributed by atoms with van der Waals surface area (Å²) in [6, 6.07) is 22.5. The Kier molecular flexibility index (Phi) is 4.62. The van der Waals surface area contributed by atoms with Crippen LogP contribution in [0.25, 0.3) is 28.2 Å². The molecule has 0 fully saturated rings. The van der Waals surface area contributed by atoms with Gasteiger partial charge in [-0.2, -0.15) is 0 Å². The van der Waals surface area contributed by atoms with Crippen LogP contribution in [0.3, 0.4) is 0 Å². The highest BCUT2D eigenvalue weighted by Crippen LogP contribution is 2.26. The SMILES string of the molecule is C/C=C(\CC)c1cc(-c2ccccc2)nc(-c2ccccc2)n1. The zero-order chi connectivity index (χ0) is 16.1. The molecule has 0 saturated carbocycles. The van der Waals surface area contributed by atoms with Gasteiger partial charge in [0.25, 0.3) is 0 Å². The number of rotatable bonds is 4. The molecule has 3 aromatic rings. The monoisotopic (exact) mass is 300 g/mol. The number of benzene rings is 2. The van der Waals surface area contributed by atoms with E-state index in [0.29, 0.717) is 0 Å². The van der Waals surface area contributed by atoms with Gasteiger partial charge < -0.3 is 0 Å². The van der Waals surface area contributed by atoms with Crippen molar-refractivity contribution in [1.82, 2.24) is 9.97 Å². The molecule has 0 aliphatic carbocycles. The van der Waals surface area contributed by atoms with Gasteiger partial charge in [-0.25, -0.2) is 9.97 Å². The van der Waals surface area contributed by atoms with Gasteiger partial charge in [0, 0.05) is 11.1 Å². The second-order valence-corrected chi connectivity index (χ2v) is 5.36. The van der Waals surface area contributed by atoms with Gasteiger partial charge in [-0.3, -0.25) is 0 Å². The molecule has 0 N–H and O–H groups in total. The van der Waals surface area contributed by atoms with Crippen LogP contribution in [0.1, 0.15) is 26.0 Å². The molecule has 2 nitrogen and oxygen atoms in total. The molecule has 0 bridgehead atoms. The van der Waals surface area contributed by atoms with E-state index in [9.17, 15) is 0 Å². The topological polar surface area (TPSA) is 25.8 Å². The Bertz CT molecular complexity index is 748. The summed E-state index contributed by atoms with van der Waals surface area (Å²) in [5.74, 6) is 0.773. The Morgan fingerprint density at radius 2 is 1.48 bits per heavy atom. The molecule has 1 heterocycles. The number of aromatic nitrogens is 2. The molecule has 114 valence electrons. The minimum absolute atomic E-state index is 0.773. The maximum absolute atomic E-state index is 4.79. The van der Waals surface area contributed by atoms with E-state index in [4.69, 9.17) is 9.97 Å². The van der Waals surface area contributed by atoms with Crippen LogP contribution in [0.2, 0.25) is 0 Å². The fourth-order valence-corrected chi connectivity index (χ4v) is 2.62. The molecule has 2 aromatic carbocycles. The van der Waals surface area contributed by atoms with E-state index in [1.165, 1.54) is 5.57 Å².